The van der Waals surface area contributed by atoms with Gasteiger partial charge < -0.3 is 20.9 Å². The van der Waals surface area contributed by atoms with Crippen molar-refractivity contribution in [2.24, 2.45) is 5.73 Å². The summed E-state index contributed by atoms with van der Waals surface area (Å²) >= 11 is 0. The summed E-state index contributed by atoms with van der Waals surface area (Å²) in [7, 11) is 1.53. The second kappa shape index (κ2) is 11.1. The number of aliphatic hydroxyl groups is 1. The number of carbonyl (C=O) groups is 1. The average molecular weight is 255 g/mol. The Bertz CT molecular complexity index is 181. The summed E-state index contributed by atoms with van der Waals surface area (Å²) in [5.41, 5.74) is 5.60. The van der Waals surface area contributed by atoms with E-state index >= 15 is 0 Å². The van der Waals surface area contributed by atoms with E-state index in [4.69, 9.17) is 10.5 Å². The highest BCUT2D eigenvalue weighted by atomic mass is 35.5. The highest BCUT2D eigenvalue weighted by molar-refractivity contribution is 5.85. The molecule has 0 aliphatic carbocycles. The van der Waals surface area contributed by atoms with Crippen molar-refractivity contribution in [3.63, 3.8) is 0 Å². The zero-order valence-corrected chi connectivity index (χ0v) is 10.8. The molecule has 0 bridgehead atoms. The van der Waals surface area contributed by atoms with Crippen molar-refractivity contribution in [3.8, 4) is 0 Å². The number of hydrogen-bond donors (Lipinski definition) is 3. The van der Waals surface area contributed by atoms with E-state index in [1.54, 1.807) is 0 Å². The van der Waals surface area contributed by atoms with Gasteiger partial charge in [0.2, 0.25) is 5.91 Å². The summed E-state index contributed by atoms with van der Waals surface area (Å²) in [4.78, 5) is 11.3. The normalized spacial score (nSPS) is 13.8. The second-order valence-corrected chi connectivity index (χ2v) is 3.58. The number of methoxy groups -OCH3 is 1. The smallest absolute Gasteiger partial charge is 0.236 e. The van der Waals surface area contributed by atoms with Gasteiger partial charge >= 0.3 is 0 Å². The molecule has 0 saturated carbocycles. The predicted molar refractivity (Wildman–Crippen MR) is 65.6 cm³/mol. The molecule has 6 heteroatoms. The molecule has 0 aromatic heterocycles. The first-order chi connectivity index (χ1) is 7.11. The fourth-order valence-electron chi connectivity index (χ4n) is 1.21. The van der Waals surface area contributed by atoms with Gasteiger partial charge in [0.25, 0.3) is 0 Å². The van der Waals surface area contributed by atoms with Gasteiger partial charge in [-0.15, -0.1) is 12.4 Å². The molecule has 98 valence electrons. The number of nitrogens with two attached hydrogens (primary N) is 1. The molecule has 4 N–H and O–H groups in total. The Hall–Kier alpha value is -0.360. The molecule has 16 heavy (non-hydrogen) atoms. The first-order valence-corrected chi connectivity index (χ1v) is 5.32. The van der Waals surface area contributed by atoms with Gasteiger partial charge in [0.15, 0.2) is 0 Å². The molecule has 0 aromatic rings. The molecule has 0 spiro atoms. The van der Waals surface area contributed by atoms with Gasteiger partial charge in [-0.25, -0.2) is 0 Å². The van der Waals surface area contributed by atoms with Crippen LogP contribution in [0.5, 0.6) is 0 Å². The molecular formula is C10H23ClN2O3. The Morgan fingerprint density at radius 2 is 2.12 bits per heavy atom. The topological polar surface area (TPSA) is 84.6 Å². The molecule has 1 amide bonds. The predicted octanol–water partition coefficient (Wildman–Crippen LogP) is 0.0492. The summed E-state index contributed by atoms with van der Waals surface area (Å²) < 4.78 is 4.76. The Balaban J connectivity index is 0. The van der Waals surface area contributed by atoms with Crippen LogP contribution in [0.15, 0.2) is 0 Å². The van der Waals surface area contributed by atoms with Crippen LogP contribution in [-0.4, -0.2) is 43.4 Å². The van der Waals surface area contributed by atoms with Gasteiger partial charge in [0, 0.05) is 13.7 Å². The number of aliphatic hydroxyl groups excluding tert-OH is 1. The maximum atomic E-state index is 11.3. The number of rotatable bonds is 8. The molecule has 0 heterocycles. The maximum Gasteiger partial charge on any atom is 0.236 e. The van der Waals surface area contributed by atoms with E-state index in [0.717, 1.165) is 6.42 Å². The van der Waals surface area contributed by atoms with E-state index in [1.807, 2.05) is 6.92 Å². The molecule has 0 aliphatic rings. The van der Waals surface area contributed by atoms with E-state index in [0.29, 0.717) is 19.4 Å². The molecule has 0 rings (SSSR count). The Kier molecular flexibility index (Phi) is 12.5. The van der Waals surface area contributed by atoms with Crippen molar-refractivity contribution in [2.45, 2.75) is 38.3 Å². The van der Waals surface area contributed by atoms with Crippen LogP contribution in [0.4, 0.5) is 0 Å². The van der Waals surface area contributed by atoms with Crippen LogP contribution >= 0.6 is 12.4 Å². The fourth-order valence-corrected chi connectivity index (χ4v) is 1.21. The van der Waals surface area contributed by atoms with Crippen molar-refractivity contribution in [2.75, 3.05) is 20.3 Å². The van der Waals surface area contributed by atoms with Gasteiger partial charge in [-0.3, -0.25) is 4.79 Å². The number of amides is 1. The number of nitrogens with one attached hydrogen (secondary N) is 1. The number of carbonyl (C=O) groups excluding carboxylic acids is 1. The third-order valence-electron chi connectivity index (χ3n) is 2.07. The lowest BCUT2D eigenvalue weighted by atomic mass is 10.1. The van der Waals surface area contributed by atoms with Gasteiger partial charge in [-0.2, -0.15) is 0 Å². The lowest BCUT2D eigenvalue weighted by molar-refractivity contribution is -0.122. The summed E-state index contributed by atoms with van der Waals surface area (Å²) in [6, 6.07) is -0.436. The number of hydrogen-bond acceptors (Lipinski definition) is 4. The van der Waals surface area contributed by atoms with Gasteiger partial charge in [-0.1, -0.05) is 13.3 Å². The first-order valence-electron chi connectivity index (χ1n) is 5.32. The highest BCUT2D eigenvalue weighted by Gasteiger charge is 2.11. The summed E-state index contributed by atoms with van der Waals surface area (Å²) in [5.74, 6) is -0.151. The number of ether oxygens (including phenoxy) is 1. The molecule has 2 unspecified atom stereocenters. The van der Waals surface area contributed by atoms with E-state index < -0.39 is 12.1 Å². The van der Waals surface area contributed by atoms with Crippen LogP contribution in [0.1, 0.15) is 26.2 Å². The third kappa shape index (κ3) is 8.91. The molecule has 0 aliphatic heterocycles. The van der Waals surface area contributed by atoms with Crippen molar-refractivity contribution in [3.05, 3.63) is 0 Å². The van der Waals surface area contributed by atoms with Crippen LogP contribution < -0.4 is 11.1 Å². The van der Waals surface area contributed by atoms with Crippen LogP contribution in [0.3, 0.4) is 0 Å². The van der Waals surface area contributed by atoms with Crippen molar-refractivity contribution in [1.29, 1.82) is 0 Å². The molecule has 0 aromatic carbocycles. The van der Waals surface area contributed by atoms with Crippen molar-refractivity contribution in [1.82, 2.24) is 5.32 Å². The minimum absolute atomic E-state index is 0. The van der Waals surface area contributed by atoms with Gasteiger partial charge in [0.1, 0.15) is 0 Å². The van der Waals surface area contributed by atoms with Crippen molar-refractivity contribution >= 4 is 18.3 Å². The SMILES string of the molecule is CCCC(N)C(=O)NCCC(O)COC.Cl. The Morgan fingerprint density at radius 1 is 1.50 bits per heavy atom. The van der Waals surface area contributed by atoms with Gasteiger partial charge in [0.05, 0.1) is 18.8 Å². The Morgan fingerprint density at radius 3 is 2.62 bits per heavy atom. The minimum Gasteiger partial charge on any atom is -0.391 e. The standard InChI is InChI=1S/C10H22N2O3.ClH/c1-3-4-9(11)10(14)12-6-5-8(13)7-15-2;/h8-9,13H,3-7,11H2,1-2H3,(H,12,14);1H. The zero-order valence-electron chi connectivity index (χ0n) is 9.94. The van der Waals surface area contributed by atoms with E-state index in [2.05, 4.69) is 5.32 Å². The lowest BCUT2D eigenvalue weighted by Crippen LogP contribution is -2.41. The van der Waals surface area contributed by atoms with E-state index in [-0.39, 0.29) is 24.9 Å². The van der Waals surface area contributed by atoms with Crippen molar-refractivity contribution < 1.29 is 14.6 Å². The zero-order chi connectivity index (χ0) is 11.7. The highest BCUT2D eigenvalue weighted by Crippen LogP contribution is 1.94. The Labute approximate surface area is 103 Å². The number of halogens is 1. The monoisotopic (exact) mass is 254 g/mol. The molecule has 2 atom stereocenters. The summed E-state index contributed by atoms with van der Waals surface area (Å²) in [5, 5.41) is 12.0. The molecule has 5 nitrogen and oxygen atoms in total. The molecule has 0 saturated heterocycles. The minimum atomic E-state index is -0.530. The first kappa shape index (κ1) is 18.0. The lowest BCUT2D eigenvalue weighted by Gasteiger charge is -2.13. The van der Waals surface area contributed by atoms with E-state index in [9.17, 15) is 9.90 Å². The quantitative estimate of drug-likeness (QED) is 0.572. The third-order valence-corrected chi connectivity index (χ3v) is 2.07. The second-order valence-electron chi connectivity index (χ2n) is 3.58. The largest absolute Gasteiger partial charge is 0.391 e. The average Bonchev–Trinajstić information content (AvgIpc) is 2.18. The summed E-state index contributed by atoms with van der Waals surface area (Å²) in [6.07, 6.45) is 1.53. The summed E-state index contributed by atoms with van der Waals surface area (Å²) in [6.45, 7) is 2.70. The van der Waals surface area contributed by atoms with Crippen LogP contribution in [-0.2, 0) is 9.53 Å². The maximum absolute atomic E-state index is 11.3. The van der Waals surface area contributed by atoms with Crippen LogP contribution in [0.25, 0.3) is 0 Å². The van der Waals surface area contributed by atoms with Crippen LogP contribution in [0, 0.1) is 0 Å². The van der Waals surface area contributed by atoms with Crippen LogP contribution in [0.2, 0.25) is 0 Å². The van der Waals surface area contributed by atoms with E-state index in [1.165, 1.54) is 7.11 Å². The molecule has 0 radical (unpaired) electrons. The molecular weight excluding hydrogens is 232 g/mol. The fraction of sp³-hybridized carbons (Fsp3) is 0.900. The molecule has 0 fully saturated rings. The van der Waals surface area contributed by atoms with Gasteiger partial charge in [-0.05, 0) is 12.8 Å².